The molecule has 1 fully saturated rings. The summed E-state index contributed by atoms with van der Waals surface area (Å²) in [6.07, 6.45) is -0.814. The lowest BCUT2D eigenvalue weighted by Gasteiger charge is -2.27. The van der Waals surface area contributed by atoms with Crippen LogP contribution in [0.1, 0.15) is 20.1 Å². The number of carbonyl (C=O) groups is 1. The summed E-state index contributed by atoms with van der Waals surface area (Å²) in [6.45, 7) is 6.57. The third-order valence-corrected chi connectivity index (χ3v) is 8.31. The Morgan fingerprint density at radius 1 is 1.40 bits per heavy atom. The van der Waals surface area contributed by atoms with Crippen LogP contribution >= 0.6 is 19.3 Å². The second kappa shape index (κ2) is 12.1. The minimum absolute atomic E-state index is 0.0170. The number of halogens is 1. The van der Waals surface area contributed by atoms with Gasteiger partial charge < -0.3 is 30.2 Å². The molecule has 6 atom stereocenters. The van der Waals surface area contributed by atoms with Crippen molar-refractivity contribution in [2.75, 3.05) is 31.3 Å². The minimum Gasteiger partial charge on any atom is -0.465 e. The van der Waals surface area contributed by atoms with Gasteiger partial charge in [0, 0.05) is 7.05 Å². The van der Waals surface area contributed by atoms with Crippen LogP contribution < -0.4 is 20.7 Å². The summed E-state index contributed by atoms with van der Waals surface area (Å²) in [7, 11) is -2.56. The zero-order valence-electron chi connectivity index (χ0n) is 22.1. The van der Waals surface area contributed by atoms with Crippen LogP contribution in [-0.4, -0.2) is 74.0 Å². The van der Waals surface area contributed by atoms with E-state index in [4.69, 9.17) is 35.9 Å². The molecule has 0 aliphatic carbocycles. The number of aromatic nitrogens is 4. The van der Waals surface area contributed by atoms with Crippen LogP contribution in [0.4, 0.5) is 11.8 Å². The summed E-state index contributed by atoms with van der Waals surface area (Å²) in [5.41, 5.74) is 6.56. The van der Waals surface area contributed by atoms with Crippen molar-refractivity contribution < 1.29 is 33.0 Å². The van der Waals surface area contributed by atoms with E-state index in [9.17, 15) is 14.5 Å². The van der Waals surface area contributed by atoms with E-state index < -0.39 is 49.7 Å². The molecule has 0 spiro atoms. The lowest BCUT2D eigenvalue weighted by Crippen LogP contribution is -2.41. The number of aliphatic hydroxyl groups is 1. The molecule has 3 aromatic rings. The van der Waals surface area contributed by atoms with Gasteiger partial charge in [-0.15, -0.1) is 18.2 Å². The Kier molecular flexibility index (Phi) is 8.98. The van der Waals surface area contributed by atoms with Gasteiger partial charge in [0.2, 0.25) is 5.95 Å². The van der Waals surface area contributed by atoms with Gasteiger partial charge in [-0.3, -0.25) is 13.9 Å². The Morgan fingerprint density at radius 3 is 2.77 bits per heavy atom. The smallest absolute Gasteiger partial charge is 0.459 e. The molecular formula is C24H31ClN7O7P. The molecule has 0 bridgehead atoms. The molecule has 5 N–H and O–H groups in total. The number of hydrogen-bond acceptors (Lipinski definition) is 12. The number of benzene rings is 1. The molecular weight excluding hydrogens is 565 g/mol. The van der Waals surface area contributed by atoms with Crippen molar-refractivity contribution in [3.8, 4) is 5.75 Å². The fourth-order valence-electron chi connectivity index (χ4n) is 4.12. The number of fused-ring (bicyclic) bond motifs is 1. The number of alkyl halides is 1. The van der Waals surface area contributed by atoms with Crippen molar-refractivity contribution >= 4 is 48.2 Å². The van der Waals surface area contributed by atoms with E-state index in [0.717, 1.165) is 0 Å². The SMILES string of the molecule is C=C[C@@]1(Cl)[C@H](O)[C@@H](COP(=O)(N[C@@H](C)C(=O)OCC)Oc2ccccc2)O[C@H]1n1cnc2c(NC)nc(N)nc21. The number of para-hydroxylation sites is 1. The first-order valence-corrected chi connectivity index (χ1v) is 14.2. The highest BCUT2D eigenvalue weighted by Crippen LogP contribution is 2.49. The van der Waals surface area contributed by atoms with Gasteiger partial charge in [-0.25, -0.2) is 9.55 Å². The summed E-state index contributed by atoms with van der Waals surface area (Å²) in [4.78, 5) is 23.4. The number of aliphatic hydroxyl groups excluding tert-OH is 1. The largest absolute Gasteiger partial charge is 0.465 e. The second-order valence-electron chi connectivity index (χ2n) is 8.81. The second-order valence-corrected chi connectivity index (χ2v) is 11.2. The van der Waals surface area contributed by atoms with Crippen LogP contribution in [0.15, 0.2) is 49.3 Å². The molecule has 1 aliphatic heterocycles. The lowest BCUT2D eigenvalue weighted by molar-refractivity contribution is -0.144. The number of hydrogen-bond donors (Lipinski definition) is 4. The van der Waals surface area contributed by atoms with Gasteiger partial charge in [0.15, 0.2) is 23.2 Å². The van der Waals surface area contributed by atoms with Gasteiger partial charge in [0.05, 0.1) is 19.5 Å². The normalized spacial score (nSPS) is 24.8. The number of esters is 1. The van der Waals surface area contributed by atoms with Crippen molar-refractivity contribution in [1.29, 1.82) is 0 Å². The van der Waals surface area contributed by atoms with Gasteiger partial charge >= 0.3 is 13.7 Å². The summed E-state index contributed by atoms with van der Waals surface area (Å²) in [5.74, 6) is -0.0582. The van der Waals surface area contributed by atoms with Gasteiger partial charge in [-0.05, 0) is 26.0 Å². The molecule has 1 saturated heterocycles. The first-order chi connectivity index (χ1) is 19.0. The van der Waals surface area contributed by atoms with E-state index in [0.29, 0.717) is 17.0 Å². The van der Waals surface area contributed by atoms with Crippen LogP contribution in [0.2, 0.25) is 0 Å². The molecule has 16 heteroatoms. The fourth-order valence-corrected chi connectivity index (χ4v) is 5.92. The molecule has 40 heavy (non-hydrogen) atoms. The molecule has 4 rings (SSSR count). The Bertz CT molecular complexity index is 1410. The number of anilines is 2. The third kappa shape index (κ3) is 5.92. The molecule has 216 valence electrons. The van der Waals surface area contributed by atoms with Crippen molar-refractivity contribution in [3.63, 3.8) is 0 Å². The number of nitrogens with one attached hydrogen (secondary N) is 2. The number of nitrogens with zero attached hydrogens (tertiary/aromatic N) is 4. The third-order valence-electron chi connectivity index (χ3n) is 6.10. The summed E-state index contributed by atoms with van der Waals surface area (Å²) < 4.78 is 37.7. The molecule has 0 saturated carbocycles. The molecule has 14 nitrogen and oxygen atoms in total. The first-order valence-electron chi connectivity index (χ1n) is 12.3. The van der Waals surface area contributed by atoms with E-state index >= 15 is 0 Å². The molecule has 0 amide bonds. The maximum absolute atomic E-state index is 13.8. The average Bonchev–Trinajstić information content (AvgIpc) is 3.46. The van der Waals surface area contributed by atoms with Gasteiger partial charge in [0.1, 0.15) is 28.9 Å². The highest BCUT2D eigenvalue weighted by Gasteiger charge is 2.55. The number of ether oxygens (including phenoxy) is 2. The zero-order valence-corrected chi connectivity index (χ0v) is 23.7. The lowest BCUT2D eigenvalue weighted by atomic mass is 9.99. The maximum Gasteiger partial charge on any atom is 0.459 e. The highest BCUT2D eigenvalue weighted by molar-refractivity contribution is 7.52. The van der Waals surface area contributed by atoms with Crippen LogP contribution in [0, 0.1) is 0 Å². The number of carbonyl (C=O) groups excluding carboxylic acids is 1. The van der Waals surface area contributed by atoms with E-state index in [1.807, 2.05) is 0 Å². The molecule has 3 heterocycles. The summed E-state index contributed by atoms with van der Waals surface area (Å²) in [5, 5.41) is 16.7. The Balaban J connectivity index is 1.60. The van der Waals surface area contributed by atoms with Crippen molar-refractivity contribution in [2.45, 2.75) is 43.2 Å². The number of rotatable bonds is 12. The molecule has 0 radical (unpaired) electrons. The highest BCUT2D eigenvalue weighted by atomic mass is 35.5. The minimum atomic E-state index is -4.22. The topological polar surface area (TPSA) is 185 Å². The van der Waals surface area contributed by atoms with Gasteiger partial charge in [-0.1, -0.05) is 24.3 Å². The molecule has 2 aromatic heterocycles. The van der Waals surface area contributed by atoms with Crippen molar-refractivity contribution in [3.05, 3.63) is 49.3 Å². The quantitative estimate of drug-likeness (QED) is 0.104. The van der Waals surface area contributed by atoms with Gasteiger partial charge in [0.25, 0.3) is 0 Å². The van der Waals surface area contributed by atoms with E-state index in [1.54, 1.807) is 44.3 Å². The predicted octanol–water partition coefficient (Wildman–Crippen LogP) is 2.62. The Labute approximate surface area is 235 Å². The standard InChI is InChI=1S/C24H31ClN7O7P/c1-5-24(25)18(33)16(38-22(24)32-13-28-17-19(27-4)29-23(26)30-20(17)32)12-37-40(35,31-14(3)21(34)36-6-2)39-15-10-8-7-9-11-15/h5,7-11,13-14,16,18,22,33H,1,6,12H2,2-4H3,(H,31,35)(H3,26,27,29,30)/t14-,16+,18+,22+,24+,40?/m0/s1. The first kappa shape index (κ1) is 29.7. The van der Waals surface area contributed by atoms with Crippen molar-refractivity contribution in [1.82, 2.24) is 24.6 Å². The number of nitrogen functional groups attached to an aromatic ring is 1. The van der Waals surface area contributed by atoms with Crippen LogP contribution in [0.25, 0.3) is 11.2 Å². The predicted molar refractivity (Wildman–Crippen MR) is 148 cm³/mol. The molecule has 1 aliphatic rings. The van der Waals surface area contributed by atoms with E-state index in [1.165, 1.54) is 23.9 Å². The van der Waals surface area contributed by atoms with E-state index in [2.05, 4.69) is 31.9 Å². The van der Waals surface area contributed by atoms with E-state index in [-0.39, 0.29) is 18.3 Å². The van der Waals surface area contributed by atoms with Crippen LogP contribution in [0.3, 0.4) is 0 Å². The maximum atomic E-state index is 13.8. The number of nitrogens with two attached hydrogens (primary N) is 1. The summed E-state index contributed by atoms with van der Waals surface area (Å²) >= 11 is 6.85. The fraction of sp³-hybridized carbons (Fsp3) is 0.417. The number of imidazole rings is 1. The van der Waals surface area contributed by atoms with Crippen LogP contribution in [-0.2, 0) is 23.4 Å². The molecule has 1 aromatic carbocycles. The Hall–Kier alpha value is -3.26. The Morgan fingerprint density at radius 2 is 2.12 bits per heavy atom. The van der Waals surface area contributed by atoms with Crippen LogP contribution in [0.5, 0.6) is 5.75 Å². The van der Waals surface area contributed by atoms with Gasteiger partial charge in [-0.2, -0.15) is 15.1 Å². The molecule has 1 unspecified atom stereocenters. The van der Waals surface area contributed by atoms with Crippen molar-refractivity contribution in [2.24, 2.45) is 0 Å². The summed E-state index contributed by atoms with van der Waals surface area (Å²) in [6, 6.07) is 7.22. The zero-order chi connectivity index (χ0) is 29.1. The monoisotopic (exact) mass is 595 g/mol. The average molecular weight is 596 g/mol.